The Morgan fingerprint density at radius 3 is 2.43 bits per heavy atom. The van der Waals surface area contributed by atoms with E-state index in [1.807, 2.05) is 18.7 Å². The highest BCUT2D eigenvalue weighted by molar-refractivity contribution is 5.82. The third-order valence-corrected chi connectivity index (χ3v) is 4.87. The molecule has 1 aromatic rings. The van der Waals surface area contributed by atoms with Crippen LogP contribution in [0.4, 0.5) is 0 Å². The second-order valence-electron chi connectivity index (χ2n) is 6.35. The van der Waals surface area contributed by atoms with Gasteiger partial charge in [0.15, 0.2) is 5.82 Å². The molecule has 0 bridgehead atoms. The first-order valence-corrected chi connectivity index (χ1v) is 8.58. The van der Waals surface area contributed by atoms with Gasteiger partial charge in [-0.3, -0.25) is 9.69 Å². The Balaban J connectivity index is 1.89. The predicted octanol–water partition coefficient (Wildman–Crippen LogP) is 1.21. The number of nitrogens with two attached hydrogens (primary N) is 1. The Bertz CT molecular complexity index is 510. The zero-order chi connectivity index (χ0) is 17.0. The molecule has 0 radical (unpaired) electrons. The summed E-state index contributed by atoms with van der Waals surface area (Å²) in [7, 11) is 0. The highest BCUT2D eigenvalue weighted by atomic mass is 16.5. The Morgan fingerprint density at radius 1 is 1.26 bits per heavy atom. The van der Waals surface area contributed by atoms with Crippen LogP contribution >= 0.6 is 0 Å². The Hall–Kier alpha value is -1.47. The van der Waals surface area contributed by atoms with Crippen LogP contribution in [-0.2, 0) is 11.2 Å². The van der Waals surface area contributed by atoms with Gasteiger partial charge in [-0.15, -0.1) is 0 Å². The molecular weight excluding hydrogens is 294 g/mol. The van der Waals surface area contributed by atoms with Crippen LogP contribution in [0.25, 0.3) is 0 Å². The standard InChI is InChI=1S/C16H29N5O2/c1-5-11(3)14(17)16(22)21-9-7-20(8-10-21)12(4)15-18-13(6-2)19-23-15/h11-12,14H,5-10,17H2,1-4H3. The molecule has 1 saturated heterocycles. The van der Waals surface area contributed by atoms with E-state index in [0.29, 0.717) is 19.0 Å². The Kier molecular flexibility index (Phi) is 6.12. The van der Waals surface area contributed by atoms with Gasteiger partial charge in [-0.2, -0.15) is 4.98 Å². The van der Waals surface area contributed by atoms with Crippen molar-refractivity contribution in [2.45, 2.75) is 52.6 Å². The summed E-state index contributed by atoms with van der Waals surface area (Å²) in [6, 6.07) is -0.324. The van der Waals surface area contributed by atoms with E-state index in [0.717, 1.165) is 31.8 Å². The number of aromatic nitrogens is 2. The number of nitrogens with zero attached hydrogens (tertiary/aromatic N) is 4. The molecule has 7 heteroatoms. The van der Waals surface area contributed by atoms with Gasteiger partial charge in [-0.1, -0.05) is 32.3 Å². The normalized spacial score (nSPS) is 20.3. The van der Waals surface area contributed by atoms with E-state index in [-0.39, 0.29) is 17.9 Å². The van der Waals surface area contributed by atoms with Crippen LogP contribution in [0.15, 0.2) is 4.52 Å². The molecule has 0 saturated carbocycles. The van der Waals surface area contributed by atoms with Crippen molar-refractivity contribution in [3.05, 3.63) is 11.7 Å². The van der Waals surface area contributed by atoms with E-state index >= 15 is 0 Å². The van der Waals surface area contributed by atoms with Gasteiger partial charge in [0, 0.05) is 32.6 Å². The van der Waals surface area contributed by atoms with Crippen LogP contribution in [-0.4, -0.2) is 58.1 Å². The summed E-state index contributed by atoms with van der Waals surface area (Å²) in [6.45, 7) is 11.1. The number of amides is 1. The summed E-state index contributed by atoms with van der Waals surface area (Å²) in [5.74, 6) is 1.67. The molecule has 23 heavy (non-hydrogen) atoms. The molecule has 3 unspecified atom stereocenters. The predicted molar refractivity (Wildman–Crippen MR) is 87.7 cm³/mol. The topological polar surface area (TPSA) is 88.5 Å². The van der Waals surface area contributed by atoms with Gasteiger partial charge in [-0.05, 0) is 12.8 Å². The lowest BCUT2D eigenvalue weighted by atomic mass is 9.98. The molecule has 1 amide bonds. The molecule has 1 aromatic heterocycles. The lowest BCUT2D eigenvalue weighted by molar-refractivity contribution is -0.135. The van der Waals surface area contributed by atoms with Crippen molar-refractivity contribution in [1.82, 2.24) is 19.9 Å². The number of aryl methyl sites for hydroxylation is 1. The number of carbonyl (C=O) groups is 1. The van der Waals surface area contributed by atoms with Crippen molar-refractivity contribution < 1.29 is 9.32 Å². The monoisotopic (exact) mass is 323 g/mol. The minimum absolute atomic E-state index is 0.0673. The average molecular weight is 323 g/mol. The van der Waals surface area contributed by atoms with Crippen LogP contribution in [0.2, 0.25) is 0 Å². The van der Waals surface area contributed by atoms with Gasteiger partial charge >= 0.3 is 0 Å². The van der Waals surface area contributed by atoms with E-state index in [1.165, 1.54) is 0 Å². The maximum absolute atomic E-state index is 12.4. The fourth-order valence-electron chi connectivity index (χ4n) is 2.77. The van der Waals surface area contributed by atoms with Gasteiger partial charge in [0.25, 0.3) is 0 Å². The molecule has 1 fully saturated rings. The zero-order valence-electron chi connectivity index (χ0n) is 14.7. The third-order valence-electron chi connectivity index (χ3n) is 4.87. The van der Waals surface area contributed by atoms with Crippen LogP contribution in [0.1, 0.15) is 51.9 Å². The largest absolute Gasteiger partial charge is 0.339 e. The molecule has 2 rings (SSSR count). The molecule has 0 spiro atoms. The van der Waals surface area contributed by atoms with E-state index in [4.69, 9.17) is 10.3 Å². The maximum atomic E-state index is 12.4. The van der Waals surface area contributed by atoms with Crippen molar-refractivity contribution in [3.8, 4) is 0 Å². The first kappa shape index (κ1) is 17.9. The molecule has 7 nitrogen and oxygen atoms in total. The maximum Gasteiger partial charge on any atom is 0.243 e. The molecule has 1 aliphatic heterocycles. The molecule has 0 aliphatic carbocycles. The Morgan fingerprint density at radius 2 is 1.91 bits per heavy atom. The third kappa shape index (κ3) is 4.09. The van der Waals surface area contributed by atoms with Crippen molar-refractivity contribution in [1.29, 1.82) is 0 Å². The minimum Gasteiger partial charge on any atom is -0.339 e. The van der Waals surface area contributed by atoms with Crippen LogP contribution in [0, 0.1) is 5.92 Å². The SMILES string of the molecule is CCc1noc(C(C)N2CCN(C(=O)C(N)C(C)CC)CC2)n1. The molecule has 0 aromatic carbocycles. The summed E-state index contributed by atoms with van der Waals surface area (Å²) in [5.41, 5.74) is 6.07. The highest BCUT2D eigenvalue weighted by Gasteiger charge is 2.30. The molecule has 2 N–H and O–H groups in total. The van der Waals surface area contributed by atoms with Crippen molar-refractivity contribution in [3.63, 3.8) is 0 Å². The smallest absolute Gasteiger partial charge is 0.243 e. The molecule has 1 aliphatic rings. The number of hydrogen-bond acceptors (Lipinski definition) is 6. The lowest BCUT2D eigenvalue weighted by Crippen LogP contribution is -2.54. The van der Waals surface area contributed by atoms with Gasteiger partial charge < -0.3 is 15.2 Å². The molecule has 130 valence electrons. The lowest BCUT2D eigenvalue weighted by Gasteiger charge is -2.38. The molecular formula is C16H29N5O2. The summed E-state index contributed by atoms with van der Waals surface area (Å²) in [6.07, 6.45) is 1.69. The number of piperazine rings is 1. The molecule has 3 atom stereocenters. The second-order valence-corrected chi connectivity index (χ2v) is 6.35. The number of rotatable bonds is 6. The quantitative estimate of drug-likeness (QED) is 0.846. The summed E-state index contributed by atoms with van der Waals surface area (Å²) in [5, 5.41) is 3.95. The van der Waals surface area contributed by atoms with Gasteiger partial charge in [0.2, 0.25) is 11.8 Å². The highest BCUT2D eigenvalue weighted by Crippen LogP contribution is 2.21. The zero-order valence-corrected chi connectivity index (χ0v) is 14.7. The fraction of sp³-hybridized carbons (Fsp3) is 0.812. The fourth-order valence-corrected chi connectivity index (χ4v) is 2.77. The summed E-state index contributed by atoms with van der Waals surface area (Å²) >= 11 is 0. The average Bonchev–Trinajstić information content (AvgIpc) is 3.08. The number of carbonyl (C=O) groups excluding carboxylic acids is 1. The van der Waals surface area contributed by atoms with Crippen molar-refractivity contribution >= 4 is 5.91 Å². The van der Waals surface area contributed by atoms with E-state index in [2.05, 4.69) is 28.9 Å². The van der Waals surface area contributed by atoms with Gasteiger partial charge in [-0.25, -0.2) is 0 Å². The van der Waals surface area contributed by atoms with E-state index in [1.54, 1.807) is 0 Å². The van der Waals surface area contributed by atoms with E-state index in [9.17, 15) is 4.79 Å². The van der Waals surface area contributed by atoms with Crippen LogP contribution in [0.5, 0.6) is 0 Å². The number of hydrogen-bond donors (Lipinski definition) is 1. The summed E-state index contributed by atoms with van der Waals surface area (Å²) in [4.78, 5) is 21.0. The van der Waals surface area contributed by atoms with Crippen LogP contribution in [0.3, 0.4) is 0 Å². The van der Waals surface area contributed by atoms with E-state index < -0.39 is 6.04 Å². The first-order chi connectivity index (χ1) is 11.0. The minimum atomic E-state index is -0.396. The Labute approximate surface area is 138 Å². The van der Waals surface area contributed by atoms with Crippen molar-refractivity contribution in [2.75, 3.05) is 26.2 Å². The molecule has 2 heterocycles. The first-order valence-electron chi connectivity index (χ1n) is 8.58. The summed E-state index contributed by atoms with van der Waals surface area (Å²) < 4.78 is 5.33. The van der Waals surface area contributed by atoms with Gasteiger partial charge in [0.1, 0.15) is 0 Å². The second kappa shape index (κ2) is 7.88. The van der Waals surface area contributed by atoms with Gasteiger partial charge in [0.05, 0.1) is 12.1 Å². The van der Waals surface area contributed by atoms with Crippen molar-refractivity contribution in [2.24, 2.45) is 11.7 Å². The van der Waals surface area contributed by atoms with Crippen LogP contribution < -0.4 is 5.73 Å².